The van der Waals surface area contributed by atoms with Crippen molar-refractivity contribution in [2.24, 2.45) is 0 Å². The summed E-state index contributed by atoms with van der Waals surface area (Å²) >= 11 is 0. The van der Waals surface area contributed by atoms with E-state index < -0.39 is 0 Å². The maximum absolute atomic E-state index is 9.51. The predicted molar refractivity (Wildman–Crippen MR) is 179 cm³/mol. The Morgan fingerprint density at radius 2 is 0.977 bits per heavy atom. The van der Waals surface area contributed by atoms with Crippen LogP contribution in [0.1, 0.15) is 5.56 Å². The molecule has 1 heterocycles. The molecule has 0 aliphatic heterocycles. The molecule has 0 amide bonds. The van der Waals surface area contributed by atoms with Crippen molar-refractivity contribution in [1.29, 1.82) is 5.26 Å². The van der Waals surface area contributed by atoms with Gasteiger partial charge in [0.1, 0.15) is 11.2 Å². The molecule has 43 heavy (non-hydrogen) atoms. The van der Waals surface area contributed by atoms with Crippen molar-refractivity contribution in [2.75, 3.05) is 0 Å². The van der Waals surface area contributed by atoms with Gasteiger partial charge in [-0.05, 0) is 108 Å². The Hall–Kier alpha value is -5.91. The third-order valence-electron chi connectivity index (χ3n) is 8.87. The van der Waals surface area contributed by atoms with Crippen LogP contribution in [0.4, 0.5) is 0 Å². The molecule has 9 aromatic rings. The second kappa shape index (κ2) is 9.05. The van der Waals surface area contributed by atoms with Gasteiger partial charge in [-0.25, -0.2) is 0 Å². The summed E-state index contributed by atoms with van der Waals surface area (Å²) in [5.74, 6) is 0. The minimum absolute atomic E-state index is 0.630. The molecule has 0 radical (unpaired) electrons. The number of furan rings is 1. The lowest BCUT2D eigenvalue weighted by Gasteiger charge is -2.17. The molecule has 1 aromatic heterocycles. The first-order chi connectivity index (χ1) is 21.3. The molecule has 0 bridgehead atoms. The Bertz CT molecular complexity index is 2630. The van der Waals surface area contributed by atoms with Gasteiger partial charge in [-0.3, -0.25) is 0 Å². The topological polar surface area (TPSA) is 36.9 Å². The summed E-state index contributed by atoms with van der Waals surface area (Å²) in [4.78, 5) is 0. The van der Waals surface area contributed by atoms with Crippen LogP contribution in [0.25, 0.3) is 87.3 Å². The van der Waals surface area contributed by atoms with Crippen molar-refractivity contribution >= 4 is 65.0 Å². The number of rotatable bonds is 2. The second-order valence-corrected chi connectivity index (χ2v) is 11.2. The fraction of sp³-hybridized carbons (Fsp3) is 0. The quantitative estimate of drug-likeness (QED) is 0.203. The van der Waals surface area contributed by atoms with E-state index in [-0.39, 0.29) is 0 Å². The van der Waals surface area contributed by atoms with E-state index in [1.807, 2.05) is 12.1 Å². The maximum Gasteiger partial charge on any atom is 0.135 e. The van der Waals surface area contributed by atoms with E-state index in [0.29, 0.717) is 5.56 Å². The Balaban J connectivity index is 1.38. The average molecular weight is 546 g/mol. The molecule has 0 aliphatic carbocycles. The second-order valence-electron chi connectivity index (χ2n) is 11.2. The Morgan fingerprint density at radius 3 is 1.72 bits per heavy atom. The van der Waals surface area contributed by atoms with Gasteiger partial charge in [0.05, 0.1) is 11.6 Å². The zero-order valence-electron chi connectivity index (χ0n) is 23.1. The van der Waals surface area contributed by atoms with Gasteiger partial charge >= 0.3 is 0 Å². The molecular formula is C41H23NO. The molecule has 0 spiro atoms. The van der Waals surface area contributed by atoms with Crippen molar-refractivity contribution in [3.8, 4) is 28.3 Å². The molecule has 9 rings (SSSR count). The first-order valence-electron chi connectivity index (χ1n) is 14.5. The molecule has 0 N–H and O–H groups in total. The molecule has 8 aromatic carbocycles. The summed E-state index contributed by atoms with van der Waals surface area (Å²) < 4.78 is 6.13. The van der Waals surface area contributed by atoms with Crippen LogP contribution in [-0.2, 0) is 0 Å². The van der Waals surface area contributed by atoms with E-state index in [9.17, 15) is 5.26 Å². The molecule has 0 aliphatic rings. The van der Waals surface area contributed by atoms with Gasteiger partial charge in [0.25, 0.3) is 0 Å². The summed E-state index contributed by atoms with van der Waals surface area (Å²) in [7, 11) is 0. The summed E-state index contributed by atoms with van der Waals surface area (Å²) in [5.41, 5.74) is 7.04. The zero-order chi connectivity index (χ0) is 28.5. The van der Waals surface area contributed by atoms with Gasteiger partial charge in [-0.1, -0.05) is 97.1 Å². The Morgan fingerprint density at radius 1 is 0.395 bits per heavy atom. The number of nitrogens with zero attached hydrogens (tertiary/aromatic N) is 1. The number of hydrogen-bond acceptors (Lipinski definition) is 2. The van der Waals surface area contributed by atoms with Gasteiger partial charge in [0.2, 0.25) is 0 Å². The van der Waals surface area contributed by atoms with Gasteiger partial charge in [0, 0.05) is 10.8 Å². The van der Waals surface area contributed by atoms with Crippen LogP contribution in [0.5, 0.6) is 0 Å². The van der Waals surface area contributed by atoms with Crippen LogP contribution in [0.3, 0.4) is 0 Å². The minimum Gasteiger partial charge on any atom is -0.456 e. The van der Waals surface area contributed by atoms with E-state index in [1.165, 1.54) is 59.8 Å². The van der Waals surface area contributed by atoms with Crippen LogP contribution < -0.4 is 0 Å². The fourth-order valence-corrected chi connectivity index (χ4v) is 6.89. The van der Waals surface area contributed by atoms with Crippen LogP contribution in [0, 0.1) is 11.3 Å². The van der Waals surface area contributed by atoms with Crippen molar-refractivity contribution in [1.82, 2.24) is 0 Å². The van der Waals surface area contributed by atoms with Gasteiger partial charge in [0.15, 0.2) is 0 Å². The lowest BCUT2D eigenvalue weighted by molar-refractivity contribution is 0.669. The van der Waals surface area contributed by atoms with E-state index >= 15 is 0 Å². The molecular weight excluding hydrogens is 522 g/mol. The SMILES string of the molecule is N#Cc1ccc2oc3ccc(-c4cc5c6ccccc6c(-c6cccc7ccccc67)cc5c5ccccc45)cc3c2c1. The highest BCUT2D eigenvalue weighted by Gasteiger charge is 2.17. The summed E-state index contributed by atoms with van der Waals surface area (Å²) in [6.45, 7) is 0. The van der Waals surface area contributed by atoms with Crippen LogP contribution >= 0.6 is 0 Å². The van der Waals surface area contributed by atoms with Gasteiger partial charge in [-0.15, -0.1) is 0 Å². The van der Waals surface area contributed by atoms with E-state index in [4.69, 9.17) is 4.42 Å². The monoisotopic (exact) mass is 545 g/mol. The lowest BCUT2D eigenvalue weighted by Crippen LogP contribution is -1.89. The number of nitriles is 1. The fourth-order valence-electron chi connectivity index (χ4n) is 6.89. The largest absolute Gasteiger partial charge is 0.456 e. The van der Waals surface area contributed by atoms with Crippen molar-refractivity contribution in [2.45, 2.75) is 0 Å². The van der Waals surface area contributed by atoms with Gasteiger partial charge < -0.3 is 4.42 Å². The molecule has 2 heteroatoms. The molecule has 0 unspecified atom stereocenters. The van der Waals surface area contributed by atoms with Crippen LogP contribution in [-0.4, -0.2) is 0 Å². The molecule has 0 fully saturated rings. The third-order valence-corrected chi connectivity index (χ3v) is 8.87. The normalized spacial score (nSPS) is 11.7. The molecule has 0 saturated carbocycles. The highest BCUT2D eigenvalue weighted by molar-refractivity contribution is 6.25. The summed E-state index contributed by atoms with van der Waals surface area (Å²) in [6, 6.07) is 51.8. The standard InChI is InChI=1S/C41H23NO/c42-24-25-16-18-40-38(20-25)39-21-27(17-19-41(39)43-40)34-22-36-33-14-6-5-13-32(33)35(23-37(36)31-12-4-3-11-30(31)34)29-15-7-9-26-8-1-2-10-28(26)29/h1-23H. The number of benzene rings is 8. The third kappa shape index (κ3) is 3.52. The van der Waals surface area contributed by atoms with Crippen molar-refractivity contribution in [3.05, 3.63) is 145 Å². The van der Waals surface area contributed by atoms with E-state index in [2.05, 4.69) is 127 Å². The highest BCUT2D eigenvalue weighted by atomic mass is 16.3. The first kappa shape index (κ1) is 23.8. The van der Waals surface area contributed by atoms with Gasteiger partial charge in [-0.2, -0.15) is 5.26 Å². The summed E-state index contributed by atoms with van der Waals surface area (Å²) in [6.07, 6.45) is 0. The molecule has 0 saturated heterocycles. The average Bonchev–Trinajstić information content (AvgIpc) is 3.44. The highest BCUT2D eigenvalue weighted by Crippen LogP contribution is 2.43. The zero-order valence-corrected chi connectivity index (χ0v) is 23.1. The first-order valence-corrected chi connectivity index (χ1v) is 14.5. The molecule has 2 nitrogen and oxygen atoms in total. The Labute approximate surface area is 247 Å². The van der Waals surface area contributed by atoms with Crippen molar-refractivity contribution in [3.63, 3.8) is 0 Å². The lowest BCUT2D eigenvalue weighted by atomic mass is 9.86. The van der Waals surface area contributed by atoms with Crippen LogP contribution in [0.2, 0.25) is 0 Å². The minimum atomic E-state index is 0.630. The molecule has 198 valence electrons. The van der Waals surface area contributed by atoms with Crippen LogP contribution in [0.15, 0.2) is 144 Å². The van der Waals surface area contributed by atoms with Crippen molar-refractivity contribution < 1.29 is 4.42 Å². The maximum atomic E-state index is 9.51. The van der Waals surface area contributed by atoms with E-state index in [0.717, 1.165) is 27.5 Å². The van der Waals surface area contributed by atoms with E-state index in [1.54, 1.807) is 6.07 Å². The predicted octanol–water partition coefficient (Wildman–Crippen LogP) is 11.4. The number of hydrogen-bond donors (Lipinski definition) is 0. The Kier molecular flexibility index (Phi) is 5.00. The summed E-state index contributed by atoms with van der Waals surface area (Å²) in [5, 5.41) is 21.4. The number of fused-ring (bicyclic) bond motifs is 9. The molecule has 0 atom stereocenters. The smallest absolute Gasteiger partial charge is 0.135 e.